The van der Waals surface area contributed by atoms with Crippen LogP contribution in [0.15, 0.2) is 42.7 Å². The van der Waals surface area contributed by atoms with Crippen molar-refractivity contribution >= 4 is 28.4 Å². The van der Waals surface area contributed by atoms with Crippen LogP contribution in [0.4, 0.5) is 8.78 Å². The molecular formula is C27H28ClF2N5O3. The van der Waals surface area contributed by atoms with E-state index in [0.29, 0.717) is 33.2 Å². The molecule has 0 aliphatic heterocycles. The van der Waals surface area contributed by atoms with Gasteiger partial charge in [-0.2, -0.15) is 13.9 Å². The number of amides is 1. The molecule has 38 heavy (non-hydrogen) atoms. The van der Waals surface area contributed by atoms with Crippen LogP contribution in [0.2, 0.25) is 5.02 Å². The number of rotatable bonds is 9. The van der Waals surface area contributed by atoms with Crippen molar-refractivity contribution in [2.24, 2.45) is 7.05 Å². The molecule has 0 fully saturated rings. The van der Waals surface area contributed by atoms with E-state index in [4.69, 9.17) is 21.3 Å². The summed E-state index contributed by atoms with van der Waals surface area (Å²) in [4.78, 5) is 21.5. The standard InChI is InChI=1S/C27H28ClF2N5O3/c1-14-9-19(16(3)34-26(36)17(4)38-27(29)30)21(22(28)10-14)12-37-23-8-6-7-18-20(11-15(2)33-24(18)23)25-31-13-32-35(25)5/h6-11,13,16-17,27H,12H2,1-5H3,(H,34,36)/t16-,17+/m0/s1. The number of carbonyl (C=O) groups excluding carboxylic acids is 1. The monoisotopic (exact) mass is 543 g/mol. The largest absolute Gasteiger partial charge is 0.487 e. The Bertz CT molecular complexity index is 1480. The highest BCUT2D eigenvalue weighted by atomic mass is 35.5. The van der Waals surface area contributed by atoms with E-state index in [0.717, 1.165) is 22.2 Å². The third-order valence-electron chi connectivity index (χ3n) is 6.13. The summed E-state index contributed by atoms with van der Waals surface area (Å²) >= 11 is 6.62. The van der Waals surface area contributed by atoms with Gasteiger partial charge in [0.15, 0.2) is 5.82 Å². The highest BCUT2D eigenvalue weighted by Crippen LogP contribution is 2.34. The van der Waals surface area contributed by atoms with Crippen molar-refractivity contribution in [1.29, 1.82) is 0 Å². The number of halogens is 3. The van der Waals surface area contributed by atoms with E-state index in [1.165, 1.54) is 13.3 Å². The van der Waals surface area contributed by atoms with Crippen molar-refractivity contribution in [3.05, 3.63) is 70.1 Å². The van der Waals surface area contributed by atoms with Crippen LogP contribution in [0, 0.1) is 13.8 Å². The number of aromatic nitrogens is 4. The van der Waals surface area contributed by atoms with Crippen LogP contribution < -0.4 is 10.1 Å². The van der Waals surface area contributed by atoms with E-state index in [-0.39, 0.29) is 6.61 Å². The number of pyridine rings is 1. The molecule has 2 atom stereocenters. The molecule has 0 unspecified atom stereocenters. The maximum atomic E-state index is 12.5. The molecule has 0 spiro atoms. The lowest BCUT2D eigenvalue weighted by atomic mass is 9.99. The van der Waals surface area contributed by atoms with Gasteiger partial charge in [-0.25, -0.2) is 14.6 Å². The Morgan fingerprint density at radius 1 is 1.18 bits per heavy atom. The number of nitrogens with zero attached hydrogens (tertiary/aromatic N) is 4. The van der Waals surface area contributed by atoms with Gasteiger partial charge >= 0.3 is 6.61 Å². The summed E-state index contributed by atoms with van der Waals surface area (Å²) in [5.74, 6) is 0.594. The average Bonchev–Trinajstić information content (AvgIpc) is 3.27. The van der Waals surface area contributed by atoms with Crippen molar-refractivity contribution in [2.75, 3.05) is 0 Å². The maximum absolute atomic E-state index is 12.5. The fourth-order valence-electron chi connectivity index (χ4n) is 4.30. The quantitative estimate of drug-likeness (QED) is 0.292. The maximum Gasteiger partial charge on any atom is 0.346 e. The van der Waals surface area contributed by atoms with E-state index in [1.807, 2.05) is 51.2 Å². The van der Waals surface area contributed by atoms with E-state index >= 15 is 0 Å². The van der Waals surface area contributed by atoms with Crippen LogP contribution in [0.3, 0.4) is 0 Å². The predicted molar refractivity (Wildman–Crippen MR) is 140 cm³/mol. The van der Waals surface area contributed by atoms with Gasteiger partial charge in [0.25, 0.3) is 0 Å². The fraction of sp³-hybridized carbons (Fsp3) is 0.333. The van der Waals surface area contributed by atoms with E-state index < -0.39 is 24.7 Å². The van der Waals surface area contributed by atoms with Gasteiger partial charge in [-0.1, -0.05) is 29.8 Å². The minimum Gasteiger partial charge on any atom is -0.487 e. The summed E-state index contributed by atoms with van der Waals surface area (Å²) in [5.41, 5.74) is 4.57. The van der Waals surface area contributed by atoms with Gasteiger partial charge in [-0.3, -0.25) is 4.79 Å². The second-order valence-electron chi connectivity index (χ2n) is 9.04. The Morgan fingerprint density at radius 2 is 1.95 bits per heavy atom. The van der Waals surface area contributed by atoms with Crippen LogP contribution in [0.1, 0.15) is 42.3 Å². The predicted octanol–water partition coefficient (Wildman–Crippen LogP) is 5.68. The summed E-state index contributed by atoms with van der Waals surface area (Å²) < 4.78 is 37.4. The summed E-state index contributed by atoms with van der Waals surface area (Å²) in [6, 6.07) is 10.7. The topological polar surface area (TPSA) is 91.2 Å². The van der Waals surface area contributed by atoms with Gasteiger partial charge < -0.3 is 14.8 Å². The molecule has 0 aliphatic carbocycles. The summed E-state index contributed by atoms with van der Waals surface area (Å²) in [7, 11) is 1.82. The number of fused-ring (bicyclic) bond motifs is 1. The molecule has 2 heterocycles. The van der Waals surface area contributed by atoms with Crippen molar-refractivity contribution in [2.45, 2.75) is 53.1 Å². The number of benzene rings is 2. The molecule has 0 bridgehead atoms. The lowest BCUT2D eigenvalue weighted by Gasteiger charge is -2.22. The number of hydrogen-bond donors (Lipinski definition) is 1. The molecule has 2 aromatic heterocycles. The first-order valence-corrected chi connectivity index (χ1v) is 12.3. The van der Waals surface area contributed by atoms with Gasteiger partial charge in [-0.05, 0) is 57.0 Å². The van der Waals surface area contributed by atoms with Crippen molar-refractivity contribution in [1.82, 2.24) is 25.1 Å². The second kappa shape index (κ2) is 11.4. The highest BCUT2D eigenvalue weighted by Gasteiger charge is 2.23. The van der Waals surface area contributed by atoms with E-state index in [2.05, 4.69) is 20.1 Å². The van der Waals surface area contributed by atoms with Gasteiger partial charge in [0, 0.05) is 34.3 Å². The molecule has 4 rings (SSSR count). The molecule has 0 aliphatic rings. The van der Waals surface area contributed by atoms with Crippen molar-refractivity contribution < 1.29 is 23.0 Å². The highest BCUT2D eigenvalue weighted by molar-refractivity contribution is 6.31. The molecule has 4 aromatic rings. The van der Waals surface area contributed by atoms with Crippen LogP contribution in [-0.2, 0) is 23.2 Å². The second-order valence-corrected chi connectivity index (χ2v) is 9.45. The number of hydrogen-bond acceptors (Lipinski definition) is 6. The number of ether oxygens (including phenoxy) is 2. The smallest absolute Gasteiger partial charge is 0.346 e. The molecule has 0 saturated heterocycles. The van der Waals surface area contributed by atoms with Crippen LogP contribution in [0.5, 0.6) is 5.75 Å². The Labute approximate surface area is 223 Å². The van der Waals surface area contributed by atoms with E-state index in [9.17, 15) is 13.6 Å². The minimum atomic E-state index is -3.05. The third-order valence-corrected chi connectivity index (χ3v) is 6.47. The molecule has 1 N–H and O–H groups in total. The van der Waals surface area contributed by atoms with E-state index in [1.54, 1.807) is 17.7 Å². The Kier molecular flexibility index (Phi) is 8.23. The fourth-order valence-corrected chi connectivity index (χ4v) is 4.64. The zero-order chi connectivity index (χ0) is 27.6. The van der Waals surface area contributed by atoms with Crippen molar-refractivity contribution in [3.8, 4) is 17.1 Å². The van der Waals surface area contributed by atoms with Crippen LogP contribution in [-0.4, -0.2) is 38.4 Å². The molecule has 0 radical (unpaired) electrons. The normalized spacial score (nSPS) is 13.1. The van der Waals surface area contributed by atoms with Gasteiger partial charge in [0.1, 0.15) is 30.3 Å². The van der Waals surface area contributed by atoms with Gasteiger partial charge in [-0.15, -0.1) is 0 Å². The first-order valence-electron chi connectivity index (χ1n) is 12.0. The van der Waals surface area contributed by atoms with Gasteiger partial charge in [0.2, 0.25) is 5.91 Å². The molecule has 0 saturated carbocycles. The zero-order valence-corrected chi connectivity index (χ0v) is 22.4. The lowest BCUT2D eigenvalue weighted by Crippen LogP contribution is -2.37. The Morgan fingerprint density at radius 3 is 2.63 bits per heavy atom. The first kappa shape index (κ1) is 27.4. The lowest BCUT2D eigenvalue weighted by molar-refractivity contribution is -0.172. The molecule has 2 aromatic carbocycles. The number of aryl methyl sites for hydroxylation is 3. The van der Waals surface area contributed by atoms with Crippen LogP contribution in [0.25, 0.3) is 22.3 Å². The number of para-hydroxylation sites is 1. The summed E-state index contributed by atoms with van der Waals surface area (Å²) in [5, 5.41) is 8.22. The van der Waals surface area contributed by atoms with Crippen LogP contribution >= 0.6 is 11.6 Å². The molecule has 11 heteroatoms. The van der Waals surface area contributed by atoms with Gasteiger partial charge in [0.05, 0.1) is 6.04 Å². The molecule has 8 nitrogen and oxygen atoms in total. The average molecular weight is 544 g/mol. The number of carbonyl (C=O) groups is 1. The zero-order valence-electron chi connectivity index (χ0n) is 21.6. The molecular weight excluding hydrogens is 516 g/mol. The SMILES string of the molecule is Cc1cc(Cl)c(COc2cccc3c(-c4ncnn4C)cc(C)nc23)c([C@H](C)NC(=O)[C@@H](C)OC(F)F)c1. The number of nitrogens with one attached hydrogen (secondary N) is 1. The minimum absolute atomic E-state index is 0.0891. The summed E-state index contributed by atoms with van der Waals surface area (Å²) in [6.07, 6.45) is 0.184. The molecule has 1 amide bonds. The summed E-state index contributed by atoms with van der Waals surface area (Å²) in [6.45, 7) is 3.84. The Hall–Kier alpha value is -3.63. The number of alkyl halides is 2. The first-order chi connectivity index (χ1) is 18.0. The Balaban J connectivity index is 1.65. The third kappa shape index (κ3) is 5.92. The molecule has 200 valence electrons. The van der Waals surface area contributed by atoms with Crippen molar-refractivity contribution in [3.63, 3.8) is 0 Å².